The maximum absolute atomic E-state index is 11.9. The molecule has 0 aliphatic heterocycles. The molecule has 0 saturated heterocycles. The quantitative estimate of drug-likeness (QED) is 0.684. The van der Waals surface area contributed by atoms with Crippen LogP contribution in [0.2, 0.25) is 0 Å². The first kappa shape index (κ1) is 15.5. The molecule has 1 aliphatic carbocycles. The molecule has 0 saturated carbocycles. The summed E-state index contributed by atoms with van der Waals surface area (Å²) in [5.41, 5.74) is -0.289. The van der Waals surface area contributed by atoms with Crippen LogP contribution in [0.1, 0.15) is 46.5 Å². The van der Waals surface area contributed by atoms with Crippen molar-refractivity contribution < 1.29 is 14.7 Å². The smallest absolute Gasteiger partial charge is 0.315 e. The van der Waals surface area contributed by atoms with Crippen LogP contribution in [0.3, 0.4) is 0 Å². The van der Waals surface area contributed by atoms with Crippen molar-refractivity contribution in [2.45, 2.75) is 58.5 Å². The molecule has 0 spiro atoms. The number of carboxylic acid groups (broad SMARTS) is 1. The van der Waals surface area contributed by atoms with Crippen molar-refractivity contribution in [2.24, 2.45) is 5.41 Å². The molecular formula is C14H24N2O3. The third kappa shape index (κ3) is 5.77. The van der Waals surface area contributed by atoms with Crippen molar-refractivity contribution in [3.63, 3.8) is 0 Å². The molecule has 5 nitrogen and oxygen atoms in total. The third-order valence-electron chi connectivity index (χ3n) is 3.33. The van der Waals surface area contributed by atoms with Crippen LogP contribution >= 0.6 is 0 Å². The SMILES string of the molecule is CC(C)(C)C(CC(=O)O)NC(=O)NC1CC=CCC1. The predicted octanol–water partition coefficient (Wildman–Crippen LogP) is 2.28. The second-order valence-electron chi connectivity index (χ2n) is 6.12. The first-order valence-electron chi connectivity index (χ1n) is 6.73. The third-order valence-corrected chi connectivity index (χ3v) is 3.33. The van der Waals surface area contributed by atoms with Gasteiger partial charge in [0.1, 0.15) is 0 Å². The molecule has 2 atom stereocenters. The molecule has 3 N–H and O–H groups in total. The Labute approximate surface area is 114 Å². The molecule has 108 valence electrons. The molecule has 0 aromatic heterocycles. The zero-order valence-electron chi connectivity index (χ0n) is 11.9. The maximum atomic E-state index is 11.9. The van der Waals surface area contributed by atoms with E-state index in [9.17, 15) is 9.59 Å². The van der Waals surface area contributed by atoms with E-state index in [1.165, 1.54) is 0 Å². The van der Waals surface area contributed by atoms with Gasteiger partial charge in [-0.2, -0.15) is 0 Å². The summed E-state index contributed by atoms with van der Waals surface area (Å²) in [6, 6.07) is -0.513. The van der Waals surface area contributed by atoms with Crippen LogP contribution in [0.5, 0.6) is 0 Å². The predicted molar refractivity (Wildman–Crippen MR) is 73.9 cm³/mol. The van der Waals surface area contributed by atoms with E-state index in [2.05, 4.69) is 22.8 Å². The lowest BCUT2D eigenvalue weighted by atomic mass is 9.85. The van der Waals surface area contributed by atoms with Crippen LogP contribution in [-0.4, -0.2) is 29.2 Å². The minimum absolute atomic E-state index is 0.0680. The topological polar surface area (TPSA) is 78.4 Å². The molecule has 1 rings (SSSR count). The molecule has 0 aromatic carbocycles. The Morgan fingerprint density at radius 1 is 1.37 bits per heavy atom. The summed E-state index contributed by atoms with van der Waals surface area (Å²) in [7, 11) is 0. The number of carboxylic acids is 1. The van der Waals surface area contributed by atoms with Crippen molar-refractivity contribution in [3.8, 4) is 0 Å². The van der Waals surface area contributed by atoms with E-state index in [1.807, 2.05) is 20.8 Å². The molecule has 0 bridgehead atoms. The van der Waals surface area contributed by atoms with Gasteiger partial charge >= 0.3 is 12.0 Å². The molecule has 0 radical (unpaired) electrons. The Kier molecular flexibility index (Phi) is 5.39. The van der Waals surface area contributed by atoms with Crippen LogP contribution in [0.15, 0.2) is 12.2 Å². The summed E-state index contributed by atoms with van der Waals surface area (Å²) < 4.78 is 0. The van der Waals surface area contributed by atoms with E-state index in [0.29, 0.717) is 0 Å². The number of allylic oxidation sites excluding steroid dienone is 1. The lowest BCUT2D eigenvalue weighted by Gasteiger charge is -2.31. The van der Waals surface area contributed by atoms with Crippen LogP contribution in [-0.2, 0) is 4.79 Å². The fourth-order valence-corrected chi connectivity index (χ4v) is 2.06. The van der Waals surface area contributed by atoms with Crippen molar-refractivity contribution in [1.29, 1.82) is 0 Å². The van der Waals surface area contributed by atoms with E-state index < -0.39 is 5.97 Å². The molecule has 0 heterocycles. The molecule has 19 heavy (non-hydrogen) atoms. The molecule has 2 amide bonds. The van der Waals surface area contributed by atoms with Gasteiger partial charge in [0.05, 0.1) is 6.42 Å². The Bertz CT molecular complexity index is 358. The first-order valence-corrected chi connectivity index (χ1v) is 6.73. The summed E-state index contributed by atoms with van der Waals surface area (Å²) in [5, 5.41) is 14.6. The van der Waals surface area contributed by atoms with Gasteiger partial charge in [0.15, 0.2) is 0 Å². The normalized spacial score (nSPS) is 20.7. The van der Waals surface area contributed by atoms with Gasteiger partial charge in [0.2, 0.25) is 0 Å². The van der Waals surface area contributed by atoms with E-state index in [0.717, 1.165) is 19.3 Å². The molecule has 2 unspecified atom stereocenters. The first-order chi connectivity index (χ1) is 8.79. The van der Waals surface area contributed by atoms with E-state index >= 15 is 0 Å². The van der Waals surface area contributed by atoms with Crippen LogP contribution in [0.25, 0.3) is 0 Å². The second kappa shape index (κ2) is 6.59. The Morgan fingerprint density at radius 3 is 2.53 bits per heavy atom. The second-order valence-corrected chi connectivity index (χ2v) is 6.12. The van der Waals surface area contributed by atoms with Gasteiger partial charge in [0, 0.05) is 12.1 Å². The van der Waals surface area contributed by atoms with Crippen LogP contribution in [0.4, 0.5) is 4.79 Å². The van der Waals surface area contributed by atoms with Gasteiger partial charge in [0.25, 0.3) is 0 Å². The number of nitrogens with one attached hydrogen (secondary N) is 2. The standard InChI is InChI=1S/C14H24N2O3/c1-14(2,3)11(9-12(17)18)16-13(19)15-10-7-5-4-6-8-10/h4-5,10-11H,6-9H2,1-3H3,(H,17,18)(H2,15,16,19). The number of carbonyl (C=O) groups excluding carboxylic acids is 1. The fourth-order valence-electron chi connectivity index (χ4n) is 2.06. The average Bonchev–Trinajstić information content (AvgIpc) is 2.27. The van der Waals surface area contributed by atoms with E-state index in [4.69, 9.17) is 5.11 Å². The monoisotopic (exact) mass is 268 g/mol. The van der Waals surface area contributed by atoms with E-state index in [1.54, 1.807) is 0 Å². The molecule has 0 aromatic rings. The average molecular weight is 268 g/mol. The zero-order chi connectivity index (χ0) is 14.5. The summed E-state index contributed by atoms with van der Waals surface area (Å²) in [6.07, 6.45) is 6.85. The maximum Gasteiger partial charge on any atom is 0.315 e. The number of aliphatic carboxylic acids is 1. The number of hydrogen-bond acceptors (Lipinski definition) is 2. The summed E-state index contributed by atoms with van der Waals surface area (Å²) in [6.45, 7) is 5.76. The number of hydrogen-bond donors (Lipinski definition) is 3. The minimum Gasteiger partial charge on any atom is -0.481 e. The Morgan fingerprint density at radius 2 is 2.05 bits per heavy atom. The molecule has 5 heteroatoms. The van der Waals surface area contributed by atoms with E-state index in [-0.39, 0.29) is 30.0 Å². The van der Waals surface area contributed by atoms with Gasteiger partial charge < -0.3 is 15.7 Å². The fraction of sp³-hybridized carbons (Fsp3) is 0.714. The highest BCUT2D eigenvalue weighted by molar-refractivity contribution is 5.76. The highest BCUT2D eigenvalue weighted by atomic mass is 16.4. The van der Waals surface area contributed by atoms with Gasteiger partial charge in [-0.25, -0.2) is 4.79 Å². The van der Waals surface area contributed by atoms with Gasteiger partial charge in [-0.1, -0.05) is 32.9 Å². The van der Waals surface area contributed by atoms with Crippen molar-refractivity contribution in [3.05, 3.63) is 12.2 Å². The Hall–Kier alpha value is -1.52. The number of urea groups is 1. The lowest BCUT2D eigenvalue weighted by molar-refractivity contribution is -0.138. The van der Waals surface area contributed by atoms with Crippen molar-refractivity contribution in [2.75, 3.05) is 0 Å². The van der Waals surface area contributed by atoms with Crippen molar-refractivity contribution in [1.82, 2.24) is 10.6 Å². The molecule has 0 fully saturated rings. The summed E-state index contributed by atoms with van der Waals surface area (Å²) in [5.74, 6) is -0.902. The summed E-state index contributed by atoms with van der Waals surface area (Å²) >= 11 is 0. The van der Waals surface area contributed by atoms with Gasteiger partial charge in [-0.05, 0) is 24.7 Å². The zero-order valence-corrected chi connectivity index (χ0v) is 11.9. The lowest BCUT2D eigenvalue weighted by Crippen LogP contribution is -2.51. The highest BCUT2D eigenvalue weighted by Crippen LogP contribution is 2.22. The largest absolute Gasteiger partial charge is 0.481 e. The molecule has 1 aliphatic rings. The number of amides is 2. The van der Waals surface area contributed by atoms with Crippen LogP contribution in [0, 0.1) is 5.41 Å². The molecular weight excluding hydrogens is 244 g/mol. The number of rotatable bonds is 4. The number of carbonyl (C=O) groups is 2. The van der Waals surface area contributed by atoms with Crippen molar-refractivity contribution >= 4 is 12.0 Å². The Balaban J connectivity index is 2.51. The van der Waals surface area contributed by atoms with Crippen LogP contribution < -0.4 is 10.6 Å². The van der Waals surface area contributed by atoms with Gasteiger partial charge in [-0.15, -0.1) is 0 Å². The minimum atomic E-state index is -0.902. The van der Waals surface area contributed by atoms with Gasteiger partial charge in [-0.3, -0.25) is 4.79 Å². The summed E-state index contributed by atoms with van der Waals surface area (Å²) in [4.78, 5) is 22.8. The highest BCUT2D eigenvalue weighted by Gasteiger charge is 2.28.